The highest BCUT2D eigenvalue weighted by molar-refractivity contribution is 5.97. The highest BCUT2D eigenvalue weighted by Gasteiger charge is 2.30. The number of nitrogens with two attached hydrogens (primary N) is 1. The standard InChI is InChI=1S/C18H20FN3O3/c19-13-7-11-16(15(20)14(13)9-3-5-21-6-4-9)22(10-1-2-10)8-12(17(11)23)18(24)25/h7-10,21H,1-6,20H2,(H,24,25). The van der Waals surface area contributed by atoms with E-state index < -0.39 is 17.2 Å². The van der Waals surface area contributed by atoms with Crippen LogP contribution in [0.25, 0.3) is 10.9 Å². The summed E-state index contributed by atoms with van der Waals surface area (Å²) in [6.45, 7) is 1.60. The smallest absolute Gasteiger partial charge is 0.341 e. The molecule has 0 atom stereocenters. The molecule has 1 aliphatic carbocycles. The van der Waals surface area contributed by atoms with Gasteiger partial charge in [-0.1, -0.05) is 0 Å². The van der Waals surface area contributed by atoms with Crippen LogP contribution in [0.5, 0.6) is 0 Å². The molecule has 6 nitrogen and oxygen atoms in total. The number of nitrogens with one attached hydrogen (secondary N) is 1. The monoisotopic (exact) mass is 345 g/mol. The van der Waals surface area contributed by atoms with Crippen LogP contribution >= 0.6 is 0 Å². The number of benzene rings is 1. The van der Waals surface area contributed by atoms with Gasteiger partial charge in [0.25, 0.3) is 0 Å². The summed E-state index contributed by atoms with van der Waals surface area (Å²) >= 11 is 0. The Kier molecular flexibility index (Phi) is 3.76. The van der Waals surface area contributed by atoms with Gasteiger partial charge in [-0.3, -0.25) is 4.79 Å². The third kappa shape index (κ3) is 2.59. The number of halogens is 1. The average Bonchev–Trinajstić information content (AvgIpc) is 3.41. The number of carboxylic acids is 1. The third-order valence-corrected chi connectivity index (χ3v) is 5.26. The average molecular weight is 345 g/mol. The second-order valence-electron chi connectivity index (χ2n) is 6.92. The molecular weight excluding hydrogens is 325 g/mol. The van der Waals surface area contributed by atoms with Crippen LogP contribution in [0.1, 0.15) is 53.6 Å². The predicted octanol–water partition coefficient (Wildman–Crippen LogP) is 2.22. The van der Waals surface area contributed by atoms with Crippen molar-refractivity contribution in [3.8, 4) is 0 Å². The largest absolute Gasteiger partial charge is 0.477 e. The molecule has 0 amide bonds. The highest BCUT2D eigenvalue weighted by atomic mass is 19.1. The first-order chi connectivity index (χ1) is 12.0. The van der Waals surface area contributed by atoms with Crippen molar-refractivity contribution >= 4 is 22.6 Å². The molecule has 1 saturated carbocycles. The van der Waals surface area contributed by atoms with Gasteiger partial charge in [0.05, 0.1) is 16.6 Å². The lowest BCUT2D eigenvalue weighted by molar-refractivity contribution is 0.0695. The van der Waals surface area contributed by atoms with Crippen molar-refractivity contribution < 1.29 is 14.3 Å². The van der Waals surface area contributed by atoms with Crippen molar-refractivity contribution in [3.63, 3.8) is 0 Å². The molecule has 2 aromatic rings. The normalized spacial score (nSPS) is 18.6. The fourth-order valence-electron chi connectivity index (χ4n) is 3.85. The Morgan fingerprint density at radius 2 is 1.96 bits per heavy atom. The van der Waals surface area contributed by atoms with Crippen LogP contribution in [-0.2, 0) is 0 Å². The molecule has 1 aliphatic heterocycles. The number of carbonyl (C=O) groups is 1. The Bertz CT molecular complexity index is 928. The minimum Gasteiger partial charge on any atom is -0.477 e. The van der Waals surface area contributed by atoms with E-state index in [0.717, 1.165) is 38.8 Å². The van der Waals surface area contributed by atoms with Crippen molar-refractivity contribution in [3.05, 3.63) is 39.4 Å². The van der Waals surface area contributed by atoms with E-state index in [1.165, 1.54) is 12.3 Å². The third-order valence-electron chi connectivity index (χ3n) is 5.26. The number of hydrogen-bond donors (Lipinski definition) is 3. The number of rotatable bonds is 3. The molecular formula is C18H20FN3O3. The Morgan fingerprint density at radius 3 is 2.56 bits per heavy atom. The molecule has 2 aliphatic rings. The maximum Gasteiger partial charge on any atom is 0.341 e. The Labute approximate surface area is 143 Å². The van der Waals surface area contributed by atoms with Gasteiger partial charge in [-0.25, -0.2) is 9.18 Å². The van der Waals surface area contributed by atoms with Crippen LogP contribution in [0.2, 0.25) is 0 Å². The number of anilines is 1. The lowest BCUT2D eigenvalue weighted by atomic mass is 9.87. The molecule has 4 N–H and O–H groups in total. The summed E-state index contributed by atoms with van der Waals surface area (Å²) in [5.74, 6) is -1.81. The molecule has 0 bridgehead atoms. The van der Waals surface area contributed by atoms with Gasteiger partial charge < -0.3 is 20.7 Å². The van der Waals surface area contributed by atoms with Gasteiger partial charge in [0.2, 0.25) is 5.43 Å². The Morgan fingerprint density at radius 1 is 1.28 bits per heavy atom. The van der Waals surface area contributed by atoms with Crippen molar-refractivity contribution in [2.45, 2.75) is 37.6 Å². The summed E-state index contributed by atoms with van der Waals surface area (Å²) in [6.07, 6.45) is 4.74. The van der Waals surface area contributed by atoms with E-state index in [2.05, 4.69) is 5.32 Å². The Balaban J connectivity index is 2.02. The van der Waals surface area contributed by atoms with E-state index in [9.17, 15) is 19.1 Å². The van der Waals surface area contributed by atoms with Gasteiger partial charge in [0.1, 0.15) is 11.4 Å². The van der Waals surface area contributed by atoms with Crippen LogP contribution in [0, 0.1) is 5.82 Å². The number of fused-ring (bicyclic) bond motifs is 1. The van der Waals surface area contributed by atoms with E-state index >= 15 is 0 Å². The lowest BCUT2D eigenvalue weighted by Crippen LogP contribution is -2.28. The van der Waals surface area contributed by atoms with Gasteiger partial charge in [0.15, 0.2) is 0 Å². The molecule has 132 valence electrons. The molecule has 1 aromatic carbocycles. The number of pyridine rings is 1. The van der Waals surface area contributed by atoms with Gasteiger partial charge in [-0.2, -0.15) is 0 Å². The van der Waals surface area contributed by atoms with E-state index in [-0.39, 0.29) is 28.6 Å². The van der Waals surface area contributed by atoms with Crippen LogP contribution in [0.3, 0.4) is 0 Å². The molecule has 2 fully saturated rings. The summed E-state index contributed by atoms with van der Waals surface area (Å²) in [6, 6.07) is 1.30. The fraction of sp³-hybridized carbons (Fsp3) is 0.444. The topological polar surface area (TPSA) is 97.3 Å². The number of aromatic carboxylic acids is 1. The number of aromatic nitrogens is 1. The first kappa shape index (κ1) is 16.1. The molecule has 7 heteroatoms. The summed E-state index contributed by atoms with van der Waals surface area (Å²) in [4.78, 5) is 23.9. The predicted molar refractivity (Wildman–Crippen MR) is 92.7 cm³/mol. The summed E-state index contributed by atoms with van der Waals surface area (Å²) < 4.78 is 16.6. The number of nitrogens with zero attached hydrogens (tertiary/aromatic N) is 1. The Hall–Kier alpha value is -2.41. The van der Waals surface area contributed by atoms with Crippen molar-refractivity contribution in [1.29, 1.82) is 0 Å². The SMILES string of the molecule is Nc1c(C2CCNCC2)c(F)cc2c(=O)c(C(=O)O)cn(C3CC3)c12. The maximum absolute atomic E-state index is 14.8. The van der Waals surface area contributed by atoms with E-state index in [4.69, 9.17) is 5.73 Å². The van der Waals surface area contributed by atoms with Crippen molar-refractivity contribution in [1.82, 2.24) is 9.88 Å². The zero-order valence-electron chi connectivity index (χ0n) is 13.7. The number of carboxylic acid groups (broad SMARTS) is 1. The quantitative estimate of drug-likeness (QED) is 0.741. The van der Waals surface area contributed by atoms with Crippen LogP contribution < -0.4 is 16.5 Å². The minimum atomic E-state index is -1.30. The van der Waals surface area contributed by atoms with Gasteiger partial charge in [-0.15, -0.1) is 0 Å². The first-order valence-corrected chi connectivity index (χ1v) is 8.59. The molecule has 1 aromatic heterocycles. The zero-order valence-corrected chi connectivity index (χ0v) is 13.7. The first-order valence-electron chi connectivity index (χ1n) is 8.59. The van der Waals surface area contributed by atoms with Gasteiger partial charge >= 0.3 is 5.97 Å². The zero-order chi connectivity index (χ0) is 17.7. The maximum atomic E-state index is 14.8. The fourth-order valence-corrected chi connectivity index (χ4v) is 3.85. The highest BCUT2D eigenvalue weighted by Crippen LogP contribution is 2.41. The molecule has 0 unspecified atom stereocenters. The number of piperidine rings is 1. The van der Waals surface area contributed by atoms with Crippen LogP contribution in [0.15, 0.2) is 17.1 Å². The molecule has 0 radical (unpaired) electrons. The lowest BCUT2D eigenvalue weighted by Gasteiger charge is -2.26. The molecule has 4 rings (SSSR count). The minimum absolute atomic E-state index is 0.00700. The summed E-state index contributed by atoms with van der Waals surface area (Å²) in [5.41, 5.74) is 6.55. The molecule has 2 heterocycles. The molecule has 25 heavy (non-hydrogen) atoms. The number of nitrogen functional groups attached to an aromatic ring is 1. The van der Waals surface area contributed by atoms with Crippen molar-refractivity contribution in [2.75, 3.05) is 18.8 Å². The second-order valence-corrected chi connectivity index (χ2v) is 6.92. The van der Waals surface area contributed by atoms with Crippen molar-refractivity contribution in [2.24, 2.45) is 0 Å². The molecule has 1 saturated heterocycles. The van der Waals surface area contributed by atoms with Crippen LogP contribution in [0.4, 0.5) is 10.1 Å². The molecule has 0 spiro atoms. The number of hydrogen-bond acceptors (Lipinski definition) is 4. The van der Waals surface area contributed by atoms with E-state index in [1.54, 1.807) is 4.57 Å². The summed E-state index contributed by atoms with van der Waals surface area (Å²) in [5, 5.41) is 12.6. The second kappa shape index (κ2) is 5.84. The van der Waals surface area contributed by atoms with Gasteiger partial charge in [-0.05, 0) is 50.8 Å². The summed E-state index contributed by atoms with van der Waals surface area (Å²) in [7, 11) is 0. The van der Waals surface area contributed by atoms with E-state index in [1.807, 2.05) is 0 Å². The van der Waals surface area contributed by atoms with E-state index in [0.29, 0.717) is 11.1 Å². The van der Waals surface area contributed by atoms with Crippen LogP contribution in [-0.4, -0.2) is 28.7 Å². The van der Waals surface area contributed by atoms with Gasteiger partial charge in [0, 0.05) is 17.8 Å².